The van der Waals surface area contributed by atoms with E-state index in [1.165, 1.54) is 4.31 Å². The van der Waals surface area contributed by atoms with Crippen LogP contribution in [-0.4, -0.2) is 49.0 Å². The van der Waals surface area contributed by atoms with E-state index in [0.717, 1.165) is 0 Å². The van der Waals surface area contributed by atoms with E-state index in [-0.39, 0.29) is 19.0 Å². The molecule has 0 aliphatic carbocycles. The van der Waals surface area contributed by atoms with Crippen molar-refractivity contribution in [2.75, 3.05) is 18.8 Å². The standard InChI is InChI=1S/C10H18F3NO3S/c1-8-7-14(5-3-9(8)15)18(16,17)6-2-4-10(11,12)13/h8-9,15H,2-7H2,1H3. The molecular formula is C10H18F3NO3S. The highest BCUT2D eigenvalue weighted by Crippen LogP contribution is 2.24. The van der Waals surface area contributed by atoms with Gasteiger partial charge in [0.2, 0.25) is 10.0 Å². The molecule has 4 nitrogen and oxygen atoms in total. The predicted octanol–water partition coefficient (Wildman–Crippen LogP) is 1.36. The van der Waals surface area contributed by atoms with E-state index in [9.17, 15) is 26.7 Å². The number of rotatable bonds is 4. The van der Waals surface area contributed by atoms with Gasteiger partial charge in [-0.05, 0) is 18.8 Å². The first kappa shape index (κ1) is 15.7. The van der Waals surface area contributed by atoms with E-state index in [2.05, 4.69) is 0 Å². The van der Waals surface area contributed by atoms with Gasteiger partial charge in [0.25, 0.3) is 0 Å². The van der Waals surface area contributed by atoms with Crippen LogP contribution in [0.1, 0.15) is 26.2 Å². The second-order valence-corrected chi connectivity index (χ2v) is 6.81. The number of aliphatic hydroxyl groups excluding tert-OH is 1. The lowest BCUT2D eigenvalue weighted by atomic mass is 9.99. The zero-order valence-electron chi connectivity index (χ0n) is 10.2. The Hall–Kier alpha value is -0.340. The van der Waals surface area contributed by atoms with Crippen LogP contribution in [0.4, 0.5) is 13.2 Å². The average molecular weight is 289 g/mol. The molecule has 8 heteroatoms. The van der Waals surface area contributed by atoms with Crippen molar-refractivity contribution in [1.82, 2.24) is 4.31 Å². The number of sulfonamides is 1. The Morgan fingerprint density at radius 1 is 1.39 bits per heavy atom. The molecule has 0 bridgehead atoms. The van der Waals surface area contributed by atoms with Crippen molar-refractivity contribution in [2.45, 2.75) is 38.5 Å². The maximum atomic E-state index is 11.9. The summed E-state index contributed by atoms with van der Waals surface area (Å²) in [6, 6.07) is 0. The van der Waals surface area contributed by atoms with E-state index in [0.29, 0.717) is 6.42 Å². The minimum Gasteiger partial charge on any atom is -0.393 e. The van der Waals surface area contributed by atoms with Gasteiger partial charge in [-0.1, -0.05) is 6.92 Å². The second kappa shape index (κ2) is 5.75. The van der Waals surface area contributed by atoms with Gasteiger partial charge in [-0.3, -0.25) is 0 Å². The summed E-state index contributed by atoms with van der Waals surface area (Å²) >= 11 is 0. The molecule has 1 saturated heterocycles. The fourth-order valence-electron chi connectivity index (χ4n) is 1.93. The number of nitrogens with zero attached hydrogens (tertiary/aromatic N) is 1. The van der Waals surface area contributed by atoms with E-state index >= 15 is 0 Å². The minimum atomic E-state index is -4.32. The summed E-state index contributed by atoms with van der Waals surface area (Å²) in [5.41, 5.74) is 0. The topological polar surface area (TPSA) is 57.6 Å². The third-order valence-electron chi connectivity index (χ3n) is 3.08. The molecule has 1 aliphatic heterocycles. The molecular weight excluding hydrogens is 271 g/mol. The zero-order chi connectivity index (χ0) is 14.0. The molecule has 2 unspecified atom stereocenters. The number of aliphatic hydroxyl groups is 1. The summed E-state index contributed by atoms with van der Waals surface area (Å²) in [5, 5.41) is 9.47. The SMILES string of the molecule is CC1CN(S(=O)(=O)CCCC(F)(F)F)CCC1O. The highest BCUT2D eigenvalue weighted by atomic mass is 32.2. The molecule has 1 N–H and O–H groups in total. The molecule has 0 aromatic rings. The number of hydrogen-bond donors (Lipinski definition) is 1. The lowest BCUT2D eigenvalue weighted by Gasteiger charge is -2.33. The van der Waals surface area contributed by atoms with Crippen LogP contribution in [0.15, 0.2) is 0 Å². The predicted molar refractivity (Wildman–Crippen MR) is 60.4 cm³/mol. The molecule has 0 radical (unpaired) electrons. The van der Waals surface area contributed by atoms with Crippen molar-refractivity contribution < 1.29 is 26.7 Å². The minimum absolute atomic E-state index is 0.176. The Labute approximate surface area is 105 Å². The summed E-state index contributed by atoms with van der Waals surface area (Å²) in [6.07, 6.45) is -6.02. The number of alkyl halides is 3. The van der Waals surface area contributed by atoms with Crippen LogP contribution in [0.3, 0.4) is 0 Å². The van der Waals surface area contributed by atoms with E-state index < -0.39 is 40.9 Å². The summed E-state index contributed by atoms with van der Waals surface area (Å²) in [7, 11) is -3.64. The third kappa shape index (κ3) is 4.74. The average Bonchev–Trinajstić information content (AvgIpc) is 2.19. The van der Waals surface area contributed by atoms with Crippen molar-refractivity contribution in [3.05, 3.63) is 0 Å². The summed E-state index contributed by atoms with van der Waals surface area (Å²) in [6.45, 7) is 2.08. The van der Waals surface area contributed by atoms with Gasteiger partial charge in [0.1, 0.15) is 0 Å². The molecule has 0 aromatic heterocycles. The van der Waals surface area contributed by atoms with Gasteiger partial charge in [0.05, 0.1) is 11.9 Å². The Morgan fingerprint density at radius 2 is 2.00 bits per heavy atom. The van der Waals surface area contributed by atoms with Crippen molar-refractivity contribution in [2.24, 2.45) is 5.92 Å². The van der Waals surface area contributed by atoms with Crippen LogP contribution in [-0.2, 0) is 10.0 Å². The van der Waals surface area contributed by atoms with Crippen LogP contribution >= 0.6 is 0 Å². The van der Waals surface area contributed by atoms with E-state index in [4.69, 9.17) is 0 Å². The Balaban J connectivity index is 2.49. The van der Waals surface area contributed by atoms with Crippen LogP contribution in [0.2, 0.25) is 0 Å². The highest BCUT2D eigenvalue weighted by molar-refractivity contribution is 7.89. The van der Waals surface area contributed by atoms with Gasteiger partial charge in [0.15, 0.2) is 0 Å². The molecule has 18 heavy (non-hydrogen) atoms. The van der Waals surface area contributed by atoms with Crippen molar-refractivity contribution in [3.63, 3.8) is 0 Å². The third-order valence-corrected chi connectivity index (χ3v) is 5.00. The number of hydrogen-bond acceptors (Lipinski definition) is 3. The van der Waals surface area contributed by atoms with Gasteiger partial charge in [-0.15, -0.1) is 0 Å². The molecule has 0 amide bonds. The fourth-order valence-corrected chi connectivity index (χ4v) is 3.54. The number of halogens is 3. The smallest absolute Gasteiger partial charge is 0.389 e. The summed E-state index contributed by atoms with van der Waals surface area (Å²) in [5.74, 6) is -0.675. The molecule has 1 rings (SSSR count). The quantitative estimate of drug-likeness (QED) is 0.850. The lowest BCUT2D eigenvalue weighted by Crippen LogP contribution is -2.45. The largest absolute Gasteiger partial charge is 0.393 e. The zero-order valence-corrected chi connectivity index (χ0v) is 11.0. The van der Waals surface area contributed by atoms with Gasteiger partial charge >= 0.3 is 6.18 Å². The normalized spacial score (nSPS) is 27.4. The number of piperidine rings is 1. The van der Waals surface area contributed by atoms with Crippen molar-refractivity contribution in [3.8, 4) is 0 Å². The van der Waals surface area contributed by atoms with Crippen molar-refractivity contribution >= 4 is 10.0 Å². The van der Waals surface area contributed by atoms with Crippen molar-refractivity contribution in [1.29, 1.82) is 0 Å². The summed E-state index contributed by atoms with van der Waals surface area (Å²) in [4.78, 5) is 0. The lowest BCUT2D eigenvalue weighted by molar-refractivity contribution is -0.134. The Bertz CT molecular complexity index is 369. The van der Waals surface area contributed by atoms with Crippen LogP contribution < -0.4 is 0 Å². The van der Waals surface area contributed by atoms with E-state index in [1.807, 2.05) is 0 Å². The van der Waals surface area contributed by atoms with E-state index in [1.54, 1.807) is 6.92 Å². The molecule has 108 valence electrons. The maximum absolute atomic E-state index is 11.9. The fraction of sp³-hybridized carbons (Fsp3) is 1.00. The second-order valence-electron chi connectivity index (χ2n) is 4.73. The molecule has 0 aromatic carbocycles. The van der Waals surface area contributed by atoms with Crippen LogP contribution in [0, 0.1) is 5.92 Å². The van der Waals surface area contributed by atoms with Gasteiger partial charge in [-0.2, -0.15) is 13.2 Å². The molecule has 1 fully saturated rings. The first-order valence-corrected chi connectivity index (χ1v) is 7.45. The Kier molecular flexibility index (Phi) is 5.02. The van der Waals surface area contributed by atoms with Crippen LogP contribution in [0.5, 0.6) is 0 Å². The first-order valence-electron chi connectivity index (χ1n) is 5.84. The molecule has 1 heterocycles. The maximum Gasteiger partial charge on any atom is 0.389 e. The molecule has 1 aliphatic rings. The van der Waals surface area contributed by atoms with Gasteiger partial charge in [-0.25, -0.2) is 12.7 Å². The van der Waals surface area contributed by atoms with Gasteiger partial charge < -0.3 is 5.11 Å². The van der Waals surface area contributed by atoms with Crippen LogP contribution in [0.25, 0.3) is 0 Å². The highest BCUT2D eigenvalue weighted by Gasteiger charge is 2.33. The molecule has 0 saturated carbocycles. The first-order chi connectivity index (χ1) is 8.12. The molecule has 0 spiro atoms. The summed E-state index contributed by atoms with van der Waals surface area (Å²) < 4.78 is 60.6. The van der Waals surface area contributed by atoms with Gasteiger partial charge in [0, 0.05) is 19.5 Å². The Morgan fingerprint density at radius 3 is 2.50 bits per heavy atom. The molecule has 2 atom stereocenters. The monoisotopic (exact) mass is 289 g/mol.